The van der Waals surface area contributed by atoms with Crippen molar-refractivity contribution in [3.05, 3.63) is 100 Å². The predicted molar refractivity (Wildman–Crippen MR) is 116 cm³/mol. The molecule has 0 aromatic heterocycles. The molecule has 0 aliphatic carbocycles. The van der Waals surface area contributed by atoms with E-state index in [9.17, 15) is 4.79 Å². The van der Waals surface area contributed by atoms with Crippen molar-refractivity contribution in [2.75, 3.05) is 11.9 Å². The number of halogens is 1. The van der Waals surface area contributed by atoms with Gasteiger partial charge in [0.15, 0.2) is 5.70 Å². The van der Waals surface area contributed by atoms with Gasteiger partial charge in [-0.05, 0) is 54.1 Å². The van der Waals surface area contributed by atoms with Gasteiger partial charge in [0, 0.05) is 28.5 Å². The van der Waals surface area contributed by atoms with Gasteiger partial charge in [-0.2, -0.15) is 0 Å². The lowest BCUT2D eigenvalue weighted by molar-refractivity contribution is -0.129. The fourth-order valence-electron chi connectivity index (χ4n) is 2.91. The Hall–Kier alpha value is -3.18. The third-order valence-electron chi connectivity index (χ3n) is 4.42. The van der Waals surface area contributed by atoms with E-state index in [1.807, 2.05) is 73.8 Å². The van der Waals surface area contributed by atoms with E-state index < -0.39 is 5.97 Å². The molecule has 0 fully saturated rings. The topological polar surface area (TPSA) is 41.9 Å². The van der Waals surface area contributed by atoms with E-state index in [4.69, 9.17) is 4.74 Å². The molecule has 0 bridgehead atoms. The van der Waals surface area contributed by atoms with Crippen LogP contribution in [-0.4, -0.2) is 18.9 Å². The quantitative estimate of drug-likeness (QED) is 0.400. The molecule has 3 aromatic rings. The van der Waals surface area contributed by atoms with Crippen molar-refractivity contribution in [3.8, 4) is 0 Å². The van der Waals surface area contributed by atoms with Gasteiger partial charge in [0.25, 0.3) is 0 Å². The Bertz CT molecular complexity index is 1070. The Morgan fingerprint density at radius 3 is 2.36 bits per heavy atom. The number of anilines is 2. The second-order valence-corrected chi connectivity index (χ2v) is 7.25. The number of carbonyl (C=O) groups is 1. The summed E-state index contributed by atoms with van der Waals surface area (Å²) in [7, 11) is 2.02. The summed E-state index contributed by atoms with van der Waals surface area (Å²) in [6.07, 6.45) is 1.74. The van der Waals surface area contributed by atoms with Crippen molar-refractivity contribution < 1.29 is 9.53 Å². The van der Waals surface area contributed by atoms with Gasteiger partial charge in [-0.3, -0.25) is 0 Å². The molecule has 0 saturated heterocycles. The van der Waals surface area contributed by atoms with Gasteiger partial charge in [0.1, 0.15) is 0 Å². The maximum Gasteiger partial charge on any atom is 0.363 e. The number of esters is 1. The number of ether oxygens (including phenoxy) is 1. The van der Waals surface area contributed by atoms with E-state index in [0.29, 0.717) is 11.6 Å². The molecular weight excluding hydrogens is 416 g/mol. The van der Waals surface area contributed by atoms with E-state index in [1.54, 1.807) is 6.08 Å². The van der Waals surface area contributed by atoms with Crippen LogP contribution >= 0.6 is 15.9 Å². The number of para-hydroxylation sites is 1. The highest BCUT2D eigenvalue weighted by molar-refractivity contribution is 9.10. The highest BCUT2D eigenvalue weighted by Gasteiger charge is 2.24. The predicted octanol–water partition coefficient (Wildman–Crippen LogP) is 5.56. The second-order valence-electron chi connectivity index (χ2n) is 6.33. The molecule has 4 rings (SSSR count). The zero-order valence-corrected chi connectivity index (χ0v) is 16.8. The van der Waals surface area contributed by atoms with Gasteiger partial charge in [0.2, 0.25) is 5.90 Å². The molecule has 1 heterocycles. The van der Waals surface area contributed by atoms with Crippen LogP contribution in [0.1, 0.15) is 11.1 Å². The van der Waals surface area contributed by atoms with Gasteiger partial charge < -0.3 is 9.64 Å². The molecule has 0 atom stereocenters. The molecule has 0 unspecified atom stereocenters. The number of aliphatic imine (C=N–C) groups is 1. The van der Waals surface area contributed by atoms with E-state index in [1.165, 1.54) is 0 Å². The van der Waals surface area contributed by atoms with Crippen molar-refractivity contribution in [1.29, 1.82) is 0 Å². The summed E-state index contributed by atoms with van der Waals surface area (Å²) in [5, 5.41) is 0. The number of benzene rings is 3. The highest BCUT2D eigenvalue weighted by atomic mass is 79.9. The minimum Gasteiger partial charge on any atom is -0.402 e. The Morgan fingerprint density at radius 1 is 0.929 bits per heavy atom. The number of hydrogen-bond donors (Lipinski definition) is 0. The summed E-state index contributed by atoms with van der Waals surface area (Å²) in [6, 6.07) is 25.6. The number of nitrogens with zero attached hydrogens (tertiary/aromatic N) is 2. The Labute approximate surface area is 171 Å². The van der Waals surface area contributed by atoms with Crippen LogP contribution in [0.15, 0.2) is 94.0 Å². The summed E-state index contributed by atoms with van der Waals surface area (Å²) >= 11 is 3.41. The number of carbonyl (C=O) groups excluding carboxylic acids is 1. The number of hydrogen-bond acceptors (Lipinski definition) is 4. The van der Waals surface area contributed by atoms with Crippen LogP contribution in [0.4, 0.5) is 11.4 Å². The summed E-state index contributed by atoms with van der Waals surface area (Å²) in [4.78, 5) is 18.6. The van der Waals surface area contributed by atoms with E-state index in [2.05, 4.69) is 38.0 Å². The molecule has 1 aliphatic heterocycles. The lowest BCUT2D eigenvalue weighted by Crippen LogP contribution is -2.08. The van der Waals surface area contributed by atoms with Crippen LogP contribution in [-0.2, 0) is 9.53 Å². The summed E-state index contributed by atoms with van der Waals surface area (Å²) in [6.45, 7) is 0. The number of rotatable bonds is 4. The van der Waals surface area contributed by atoms with Crippen LogP contribution < -0.4 is 4.90 Å². The van der Waals surface area contributed by atoms with Crippen LogP contribution in [0.3, 0.4) is 0 Å². The van der Waals surface area contributed by atoms with Gasteiger partial charge >= 0.3 is 5.97 Å². The third-order valence-corrected chi connectivity index (χ3v) is 4.91. The largest absolute Gasteiger partial charge is 0.402 e. The van der Waals surface area contributed by atoms with Gasteiger partial charge in [0.05, 0.1) is 0 Å². The SMILES string of the molecule is CN(c1ccccc1)c1ccc(C=C2N=C(c3cccc(Br)c3)OC2=O)cc1. The van der Waals surface area contributed by atoms with Crippen molar-refractivity contribution in [2.24, 2.45) is 4.99 Å². The standard InChI is InChI=1S/C23H17BrN2O2/c1-26(19-8-3-2-4-9-19)20-12-10-16(11-13-20)14-21-23(27)28-22(25-21)17-6-5-7-18(24)15-17/h2-15H,1H3. The lowest BCUT2D eigenvalue weighted by Gasteiger charge is -2.19. The van der Waals surface area contributed by atoms with E-state index >= 15 is 0 Å². The number of cyclic esters (lactones) is 1. The first-order valence-corrected chi connectivity index (χ1v) is 9.57. The average molecular weight is 433 g/mol. The van der Waals surface area contributed by atoms with Crippen LogP contribution in [0.25, 0.3) is 6.08 Å². The smallest absolute Gasteiger partial charge is 0.363 e. The van der Waals surface area contributed by atoms with Crippen molar-refractivity contribution in [2.45, 2.75) is 0 Å². The molecule has 0 saturated carbocycles. The summed E-state index contributed by atoms with van der Waals surface area (Å²) in [5.74, 6) is -0.126. The van der Waals surface area contributed by atoms with Gasteiger partial charge in [-0.15, -0.1) is 0 Å². The van der Waals surface area contributed by atoms with Crippen LogP contribution in [0.5, 0.6) is 0 Å². The molecule has 0 spiro atoms. The third kappa shape index (κ3) is 3.89. The first-order chi connectivity index (χ1) is 13.6. The molecule has 0 amide bonds. The van der Waals surface area contributed by atoms with Crippen LogP contribution in [0.2, 0.25) is 0 Å². The Balaban J connectivity index is 1.56. The second kappa shape index (κ2) is 7.82. The average Bonchev–Trinajstić information content (AvgIpc) is 3.09. The maximum absolute atomic E-state index is 12.2. The Kier molecular flexibility index (Phi) is 5.08. The summed E-state index contributed by atoms with van der Waals surface area (Å²) < 4.78 is 6.22. The fraction of sp³-hybridized carbons (Fsp3) is 0.0435. The maximum atomic E-state index is 12.2. The molecule has 28 heavy (non-hydrogen) atoms. The first-order valence-electron chi connectivity index (χ1n) is 8.77. The van der Waals surface area contributed by atoms with Gasteiger partial charge in [-0.25, -0.2) is 9.79 Å². The molecule has 3 aromatic carbocycles. The van der Waals surface area contributed by atoms with Crippen molar-refractivity contribution >= 4 is 45.2 Å². The zero-order chi connectivity index (χ0) is 19.5. The molecular formula is C23H17BrN2O2. The van der Waals surface area contributed by atoms with Crippen molar-refractivity contribution in [3.63, 3.8) is 0 Å². The minimum absolute atomic E-state index is 0.291. The summed E-state index contributed by atoms with van der Waals surface area (Å²) in [5.41, 5.74) is 4.10. The van der Waals surface area contributed by atoms with Gasteiger partial charge in [-0.1, -0.05) is 52.3 Å². The molecule has 5 heteroatoms. The minimum atomic E-state index is -0.444. The van der Waals surface area contributed by atoms with E-state index in [-0.39, 0.29) is 0 Å². The first kappa shape index (κ1) is 18.2. The molecule has 0 N–H and O–H groups in total. The highest BCUT2D eigenvalue weighted by Crippen LogP contribution is 2.25. The normalized spacial score (nSPS) is 14.7. The monoisotopic (exact) mass is 432 g/mol. The van der Waals surface area contributed by atoms with Crippen molar-refractivity contribution in [1.82, 2.24) is 0 Å². The Morgan fingerprint density at radius 2 is 1.64 bits per heavy atom. The molecule has 1 aliphatic rings. The zero-order valence-electron chi connectivity index (χ0n) is 15.2. The fourth-order valence-corrected chi connectivity index (χ4v) is 3.31. The molecule has 138 valence electrons. The lowest BCUT2D eigenvalue weighted by atomic mass is 10.1. The van der Waals surface area contributed by atoms with Crippen LogP contribution in [0, 0.1) is 0 Å². The van der Waals surface area contributed by atoms with E-state index in [0.717, 1.165) is 27.0 Å². The molecule has 0 radical (unpaired) electrons. The molecule has 4 nitrogen and oxygen atoms in total.